The van der Waals surface area contributed by atoms with Gasteiger partial charge in [-0.25, -0.2) is 9.13 Å². The Balaban J connectivity index is 0.00000144. The predicted molar refractivity (Wildman–Crippen MR) is 54.1 cm³/mol. The Hall–Kier alpha value is -1.30. The number of hydrogen-bond donors (Lipinski definition) is 0. The lowest BCUT2D eigenvalue weighted by atomic mass is 10.3. The standard InChI is InChI=1S/C10H9ClF3N2.FH/c1-15-7-4-3-6(11)5-8(7)16(2)9(15)10(12,13)14;/h3-5H,1-2H3;1H/q+1;/p-1. The van der Waals surface area contributed by atoms with Gasteiger partial charge in [0, 0.05) is 11.1 Å². The minimum absolute atomic E-state index is 0. The van der Waals surface area contributed by atoms with Crippen LogP contribution in [0.1, 0.15) is 5.82 Å². The van der Waals surface area contributed by atoms with Crippen molar-refractivity contribution in [3.63, 3.8) is 0 Å². The largest absolute Gasteiger partial charge is 1.00 e. The molecule has 0 aliphatic heterocycles. The Morgan fingerprint density at radius 1 is 1.29 bits per heavy atom. The molecule has 1 aromatic carbocycles. The molecule has 7 heteroatoms. The summed E-state index contributed by atoms with van der Waals surface area (Å²) in [5, 5.41) is 0.419. The second kappa shape index (κ2) is 4.18. The van der Waals surface area contributed by atoms with Gasteiger partial charge in [-0.1, -0.05) is 11.6 Å². The highest BCUT2D eigenvalue weighted by molar-refractivity contribution is 6.31. The van der Waals surface area contributed by atoms with E-state index in [0.717, 1.165) is 9.13 Å². The van der Waals surface area contributed by atoms with Gasteiger partial charge in [-0.05, 0) is 12.1 Å². The summed E-state index contributed by atoms with van der Waals surface area (Å²) in [4.78, 5) is 0. The Labute approximate surface area is 99.6 Å². The second-order valence-electron chi connectivity index (χ2n) is 3.57. The molecule has 0 unspecified atom stereocenters. The van der Waals surface area contributed by atoms with E-state index in [4.69, 9.17) is 11.6 Å². The van der Waals surface area contributed by atoms with Crippen molar-refractivity contribution in [2.75, 3.05) is 0 Å². The van der Waals surface area contributed by atoms with Crippen molar-refractivity contribution in [3.05, 3.63) is 29.0 Å². The fourth-order valence-electron chi connectivity index (χ4n) is 1.88. The lowest BCUT2D eigenvalue weighted by Crippen LogP contribution is -3.00. The monoisotopic (exact) mass is 268 g/mol. The number of imidazole rings is 1. The van der Waals surface area contributed by atoms with Crippen LogP contribution in [0.5, 0.6) is 0 Å². The molecule has 2 rings (SSSR count). The Morgan fingerprint density at radius 3 is 2.41 bits per heavy atom. The Morgan fingerprint density at radius 2 is 1.88 bits per heavy atom. The molecule has 0 amide bonds. The van der Waals surface area contributed by atoms with E-state index in [1.54, 1.807) is 12.1 Å². The Kier molecular flexibility index (Phi) is 3.38. The summed E-state index contributed by atoms with van der Waals surface area (Å²) < 4.78 is 40.5. The van der Waals surface area contributed by atoms with Crippen molar-refractivity contribution in [2.24, 2.45) is 14.1 Å². The van der Waals surface area contributed by atoms with Gasteiger partial charge in [-0.3, -0.25) is 0 Å². The first-order chi connectivity index (χ1) is 7.32. The first-order valence-corrected chi connectivity index (χ1v) is 4.91. The van der Waals surface area contributed by atoms with Gasteiger partial charge >= 0.3 is 12.0 Å². The molecule has 1 aromatic heterocycles. The van der Waals surface area contributed by atoms with Gasteiger partial charge in [-0.2, -0.15) is 13.2 Å². The average Bonchev–Trinajstić information content (AvgIpc) is 2.38. The van der Waals surface area contributed by atoms with Crippen LogP contribution in [-0.2, 0) is 20.3 Å². The molecule has 0 saturated heterocycles. The van der Waals surface area contributed by atoms with E-state index in [1.165, 1.54) is 20.2 Å². The molecule has 2 aromatic rings. The minimum atomic E-state index is -4.38. The predicted octanol–water partition coefficient (Wildman–Crippen LogP) is -0.321. The van der Waals surface area contributed by atoms with Crippen LogP contribution in [0.3, 0.4) is 0 Å². The third kappa shape index (κ3) is 2.09. The van der Waals surface area contributed by atoms with Crippen LogP contribution in [0.25, 0.3) is 11.0 Å². The molecule has 2 nitrogen and oxygen atoms in total. The molecular weight excluding hydrogens is 260 g/mol. The van der Waals surface area contributed by atoms with Crippen LogP contribution in [0, 0.1) is 0 Å². The van der Waals surface area contributed by atoms with E-state index in [0.29, 0.717) is 16.1 Å². The van der Waals surface area contributed by atoms with Gasteiger partial charge in [0.05, 0.1) is 14.1 Å². The van der Waals surface area contributed by atoms with Crippen molar-refractivity contribution in [2.45, 2.75) is 6.18 Å². The molecule has 0 N–H and O–H groups in total. The van der Waals surface area contributed by atoms with Gasteiger partial charge in [0.15, 0.2) is 11.0 Å². The number of nitrogens with zero attached hydrogens (tertiary/aromatic N) is 2. The molecule has 0 saturated carbocycles. The maximum atomic E-state index is 12.8. The van der Waals surface area contributed by atoms with Crippen LogP contribution in [0.2, 0.25) is 5.02 Å². The zero-order valence-electron chi connectivity index (χ0n) is 9.02. The van der Waals surface area contributed by atoms with E-state index in [1.807, 2.05) is 0 Å². The number of aromatic nitrogens is 2. The van der Waals surface area contributed by atoms with E-state index in [2.05, 4.69) is 0 Å². The zero-order valence-corrected chi connectivity index (χ0v) is 9.77. The van der Waals surface area contributed by atoms with Gasteiger partial charge in [0.25, 0.3) is 0 Å². The molecule has 0 atom stereocenters. The van der Waals surface area contributed by atoms with Crippen LogP contribution < -0.4 is 9.27 Å². The fraction of sp³-hybridized carbons (Fsp3) is 0.300. The maximum absolute atomic E-state index is 12.8. The van der Waals surface area contributed by atoms with Crippen LogP contribution >= 0.6 is 11.6 Å². The quantitative estimate of drug-likeness (QED) is 0.457. The molecule has 0 bridgehead atoms. The van der Waals surface area contributed by atoms with Crippen LogP contribution in [0.15, 0.2) is 18.2 Å². The third-order valence-corrected chi connectivity index (χ3v) is 2.78. The van der Waals surface area contributed by atoms with Gasteiger partial charge in [0.2, 0.25) is 0 Å². The molecule has 0 aliphatic carbocycles. The normalized spacial score (nSPS) is 11.6. The summed E-state index contributed by atoms with van der Waals surface area (Å²) >= 11 is 5.76. The van der Waals surface area contributed by atoms with Gasteiger partial charge < -0.3 is 4.70 Å². The highest BCUT2D eigenvalue weighted by Crippen LogP contribution is 2.29. The maximum Gasteiger partial charge on any atom is 0.495 e. The number of hydrogen-bond acceptors (Lipinski definition) is 0. The first-order valence-electron chi connectivity index (χ1n) is 4.53. The first kappa shape index (κ1) is 13.8. The summed E-state index contributed by atoms with van der Waals surface area (Å²) in [7, 11) is 2.76. The molecule has 1 heterocycles. The SMILES string of the molecule is Cn1c(C(F)(F)F)[n+](C)c2ccc(Cl)cc21.[F-]. The smallest absolute Gasteiger partial charge is 0.495 e. The zero-order chi connectivity index (χ0) is 12.1. The van der Waals surface area contributed by atoms with Crippen molar-refractivity contribution < 1.29 is 22.4 Å². The molecule has 0 fully saturated rings. The van der Waals surface area contributed by atoms with Crippen molar-refractivity contribution in [3.8, 4) is 0 Å². The molecule has 0 radical (unpaired) electrons. The lowest BCUT2D eigenvalue weighted by Gasteiger charge is -2.01. The summed E-state index contributed by atoms with van der Waals surface area (Å²) in [5.41, 5.74) is 0.960. The number of rotatable bonds is 0. The second-order valence-corrected chi connectivity index (χ2v) is 4.01. The van der Waals surface area contributed by atoms with E-state index < -0.39 is 12.0 Å². The highest BCUT2D eigenvalue weighted by Gasteiger charge is 2.45. The highest BCUT2D eigenvalue weighted by atomic mass is 35.5. The van der Waals surface area contributed by atoms with Gasteiger partial charge in [0.1, 0.15) is 0 Å². The number of halogens is 5. The van der Waals surface area contributed by atoms with Crippen molar-refractivity contribution >= 4 is 22.6 Å². The van der Waals surface area contributed by atoms with Crippen LogP contribution in [-0.4, -0.2) is 4.57 Å². The molecule has 0 aliphatic rings. The van der Waals surface area contributed by atoms with Crippen molar-refractivity contribution in [1.29, 1.82) is 0 Å². The molecule has 0 spiro atoms. The lowest BCUT2D eigenvalue weighted by molar-refractivity contribution is -0.667. The third-order valence-electron chi connectivity index (χ3n) is 2.55. The van der Waals surface area contributed by atoms with E-state index in [-0.39, 0.29) is 4.70 Å². The summed E-state index contributed by atoms with van der Waals surface area (Å²) in [6, 6.07) is 4.67. The van der Waals surface area contributed by atoms with Gasteiger partial charge in [-0.15, -0.1) is 0 Å². The number of benzene rings is 1. The Bertz CT molecular complexity index is 559. The van der Waals surface area contributed by atoms with E-state index >= 15 is 0 Å². The number of aryl methyl sites for hydroxylation is 2. The summed E-state index contributed by atoms with van der Waals surface area (Å²) in [5.74, 6) is -0.704. The molecule has 94 valence electrons. The molecule has 17 heavy (non-hydrogen) atoms. The number of alkyl halides is 3. The summed E-state index contributed by atoms with van der Waals surface area (Å²) in [6.45, 7) is 0. The number of fused-ring (bicyclic) bond motifs is 1. The average molecular weight is 269 g/mol. The fourth-order valence-corrected chi connectivity index (χ4v) is 2.05. The van der Waals surface area contributed by atoms with Crippen molar-refractivity contribution in [1.82, 2.24) is 4.57 Å². The molecular formula is C10H9ClF4N2. The minimum Gasteiger partial charge on any atom is -1.00 e. The summed E-state index contributed by atoms with van der Waals surface area (Å²) in [6.07, 6.45) is -4.38. The van der Waals surface area contributed by atoms with E-state index in [9.17, 15) is 13.2 Å². The topological polar surface area (TPSA) is 8.81 Å². The van der Waals surface area contributed by atoms with Crippen LogP contribution in [0.4, 0.5) is 13.2 Å².